The number of halogens is 1. The predicted octanol–water partition coefficient (Wildman–Crippen LogP) is 3.44. The van der Waals surface area contributed by atoms with Crippen LogP contribution in [-0.2, 0) is 11.2 Å². The number of hydrogen-bond donors (Lipinski definition) is 1. The van der Waals surface area contributed by atoms with E-state index in [4.69, 9.17) is 9.52 Å². The van der Waals surface area contributed by atoms with Crippen molar-refractivity contribution in [2.75, 3.05) is 0 Å². The zero-order chi connectivity index (χ0) is 11.9. The van der Waals surface area contributed by atoms with Gasteiger partial charge in [-0.15, -0.1) is 0 Å². The summed E-state index contributed by atoms with van der Waals surface area (Å²) in [7, 11) is 0. The van der Waals surface area contributed by atoms with Crippen LogP contribution in [0.3, 0.4) is 0 Å². The Hall–Kier alpha value is -1.29. The first-order chi connectivity index (χ1) is 7.49. The molecule has 0 aliphatic carbocycles. The summed E-state index contributed by atoms with van der Waals surface area (Å²) in [4.78, 5) is 10.8. The second-order valence-electron chi connectivity index (χ2n) is 3.88. The minimum atomic E-state index is -0.858. The Balaban J connectivity index is 2.73. The number of benzene rings is 1. The summed E-state index contributed by atoms with van der Waals surface area (Å²) in [6.45, 7) is 3.95. The van der Waals surface area contributed by atoms with Gasteiger partial charge in [0.15, 0.2) is 4.67 Å². The number of aliphatic carboxylic acids is 1. The first-order valence-corrected chi connectivity index (χ1v) is 5.68. The van der Waals surface area contributed by atoms with Crippen molar-refractivity contribution >= 4 is 32.9 Å². The van der Waals surface area contributed by atoms with Crippen molar-refractivity contribution in [3.63, 3.8) is 0 Å². The second kappa shape index (κ2) is 3.94. The first kappa shape index (κ1) is 11.2. The predicted molar refractivity (Wildman–Crippen MR) is 64.7 cm³/mol. The van der Waals surface area contributed by atoms with Crippen molar-refractivity contribution in [2.24, 2.45) is 0 Å². The normalized spacial score (nSPS) is 10.9. The second-order valence-corrected chi connectivity index (χ2v) is 4.60. The Morgan fingerprint density at radius 2 is 2.12 bits per heavy atom. The van der Waals surface area contributed by atoms with E-state index in [-0.39, 0.29) is 6.42 Å². The van der Waals surface area contributed by atoms with Crippen LogP contribution in [0.25, 0.3) is 11.0 Å². The molecule has 0 aliphatic rings. The van der Waals surface area contributed by atoms with Crippen molar-refractivity contribution in [1.29, 1.82) is 0 Å². The molecule has 0 saturated carbocycles. The molecule has 16 heavy (non-hydrogen) atoms. The van der Waals surface area contributed by atoms with Crippen LogP contribution >= 0.6 is 15.9 Å². The van der Waals surface area contributed by atoms with Crippen LogP contribution in [0.15, 0.2) is 21.2 Å². The highest BCUT2D eigenvalue weighted by molar-refractivity contribution is 9.10. The molecule has 1 heterocycles. The minimum absolute atomic E-state index is 0.0303. The molecule has 0 aliphatic heterocycles. The Bertz CT molecular complexity index is 569. The maximum atomic E-state index is 10.8. The van der Waals surface area contributed by atoms with Gasteiger partial charge >= 0.3 is 5.97 Å². The molecular weight excluding hydrogens is 272 g/mol. The van der Waals surface area contributed by atoms with Gasteiger partial charge in [-0.1, -0.05) is 6.07 Å². The summed E-state index contributed by atoms with van der Waals surface area (Å²) in [5.74, 6) is -0.858. The number of furan rings is 1. The first-order valence-electron chi connectivity index (χ1n) is 4.89. The third-order valence-corrected chi connectivity index (χ3v) is 3.15. The Labute approximate surface area is 101 Å². The topological polar surface area (TPSA) is 50.4 Å². The van der Waals surface area contributed by atoms with E-state index in [2.05, 4.69) is 15.9 Å². The fourth-order valence-electron chi connectivity index (χ4n) is 1.96. The minimum Gasteiger partial charge on any atom is -0.481 e. The van der Waals surface area contributed by atoms with Crippen molar-refractivity contribution < 1.29 is 14.3 Å². The van der Waals surface area contributed by atoms with E-state index in [1.165, 1.54) is 0 Å². The maximum Gasteiger partial charge on any atom is 0.308 e. The molecule has 0 amide bonds. The lowest BCUT2D eigenvalue weighted by Crippen LogP contribution is -2.00. The van der Waals surface area contributed by atoms with E-state index < -0.39 is 5.97 Å². The highest BCUT2D eigenvalue weighted by atomic mass is 79.9. The fraction of sp³-hybridized carbons (Fsp3) is 0.250. The molecule has 4 heteroatoms. The van der Waals surface area contributed by atoms with Crippen molar-refractivity contribution in [3.05, 3.63) is 33.5 Å². The molecule has 2 rings (SSSR count). The zero-order valence-corrected chi connectivity index (χ0v) is 10.6. The van der Waals surface area contributed by atoms with Gasteiger partial charge in [0.05, 0.1) is 6.42 Å². The van der Waals surface area contributed by atoms with Crippen LogP contribution in [0, 0.1) is 13.8 Å². The molecular formula is C12H11BrO3. The molecule has 0 bridgehead atoms. The fourth-order valence-corrected chi connectivity index (χ4v) is 2.47. The van der Waals surface area contributed by atoms with E-state index in [1.54, 1.807) is 0 Å². The van der Waals surface area contributed by atoms with Gasteiger partial charge in [0.1, 0.15) is 5.58 Å². The molecule has 0 unspecified atom stereocenters. The van der Waals surface area contributed by atoms with Crippen LogP contribution in [0.1, 0.15) is 16.7 Å². The summed E-state index contributed by atoms with van der Waals surface area (Å²) in [6.07, 6.45) is -0.0303. The largest absolute Gasteiger partial charge is 0.481 e. The lowest BCUT2D eigenvalue weighted by atomic mass is 10.0. The van der Waals surface area contributed by atoms with Crippen LogP contribution in [0.4, 0.5) is 0 Å². The zero-order valence-electron chi connectivity index (χ0n) is 9.00. The van der Waals surface area contributed by atoms with E-state index in [0.717, 1.165) is 22.1 Å². The summed E-state index contributed by atoms with van der Waals surface area (Å²) in [6, 6.07) is 3.94. The maximum absolute atomic E-state index is 10.8. The average Bonchev–Trinajstić information content (AvgIpc) is 2.41. The number of fused-ring (bicyclic) bond motifs is 1. The van der Waals surface area contributed by atoms with E-state index in [0.29, 0.717) is 10.2 Å². The Morgan fingerprint density at radius 1 is 1.44 bits per heavy atom. The van der Waals surface area contributed by atoms with Crippen LogP contribution in [-0.4, -0.2) is 11.1 Å². The van der Waals surface area contributed by atoms with E-state index in [1.807, 2.05) is 26.0 Å². The number of carbonyl (C=O) groups is 1. The van der Waals surface area contributed by atoms with Gasteiger partial charge < -0.3 is 9.52 Å². The third-order valence-electron chi connectivity index (χ3n) is 2.51. The number of aryl methyl sites for hydroxylation is 2. The van der Waals surface area contributed by atoms with Crippen LogP contribution in [0.2, 0.25) is 0 Å². The summed E-state index contributed by atoms with van der Waals surface area (Å²) in [5, 5.41) is 9.75. The Kier molecular flexibility index (Phi) is 2.76. The molecule has 0 spiro atoms. The lowest BCUT2D eigenvalue weighted by Gasteiger charge is -2.00. The van der Waals surface area contributed by atoms with E-state index >= 15 is 0 Å². The van der Waals surface area contributed by atoms with Gasteiger partial charge in [0.2, 0.25) is 0 Å². The molecule has 0 saturated heterocycles. The van der Waals surface area contributed by atoms with Gasteiger partial charge in [-0.25, -0.2) is 0 Å². The number of rotatable bonds is 2. The summed E-state index contributed by atoms with van der Waals surface area (Å²) < 4.78 is 6.03. The van der Waals surface area contributed by atoms with Gasteiger partial charge in [0.25, 0.3) is 0 Å². The number of carboxylic acid groups (broad SMARTS) is 1. The van der Waals surface area contributed by atoms with Gasteiger partial charge in [0, 0.05) is 10.9 Å². The van der Waals surface area contributed by atoms with Crippen molar-refractivity contribution in [3.8, 4) is 0 Å². The standard InChI is InChI=1S/C12H11BrO3/c1-6-3-7(2)11-8(5-10(14)15)12(13)16-9(11)4-6/h3-4H,5H2,1-2H3,(H,14,15). The Morgan fingerprint density at radius 3 is 2.75 bits per heavy atom. The van der Waals surface area contributed by atoms with Crippen molar-refractivity contribution in [1.82, 2.24) is 0 Å². The molecule has 3 nitrogen and oxygen atoms in total. The average molecular weight is 283 g/mol. The molecule has 84 valence electrons. The number of carboxylic acids is 1. The van der Waals surface area contributed by atoms with Gasteiger partial charge in [-0.2, -0.15) is 0 Å². The molecule has 2 aromatic rings. The van der Waals surface area contributed by atoms with Gasteiger partial charge in [-0.3, -0.25) is 4.79 Å². The highest BCUT2D eigenvalue weighted by Gasteiger charge is 2.16. The van der Waals surface area contributed by atoms with Crippen molar-refractivity contribution in [2.45, 2.75) is 20.3 Å². The summed E-state index contributed by atoms with van der Waals surface area (Å²) in [5.41, 5.74) is 3.59. The third kappa shape index (κ3) is 1.85. The van der Waals surface area contributed by atoms with Gasteiger partial charge in [-0.05, 0) is 47.0 Å². The molecule has 1 N–H and O–H groups in total. The quantitative estimate of drug-likeness (QED) is 0.918. The molecule has 0 radical (unpaired) electrons. The SMILES string of the molecule is Cc1cc(C)c2c(CC(=O)O)c(Br)oc2c1. The van der Waals surface area contributed by atoms with Crippen LogP contribution < -0.4 is 0 Å². The summed E-state index contributed by atoms with van der Waals surface area (Å²) >= 11 is 3.27. The van der Waals surface area contributed by atoms with E-state index in [9.17, 15) is 4.79 Å². The molecule has 1 aromatic heterocycles. The highest BCUT2D eigenvalue weighted by Crippen LogP contribution is 2.33. The lowest BCUT2D eigenvalue weighted by molar-refractivity contribution is -0.136. The van der Waals surface area contributed by atoms with Crippen LogP contribution in [0.5, 0.6) is 0 Å². The molecule has 0 fully saturated rings. The monoisotopic (exact) mass is 282 g/mol. The number of hydrogen-bond acceptors (Lipinski definition) is 2. The molecule has 0 atom stereocenters. The smallest absolute Gasteiger partial charge is 0.308 e. The molecule has 1 aromatic carbocycles.